The Hall–Kier alpha value is -2.08. The van der Waals surface area contributed by atoms with Crippen LogP contribution in [-0.2, 0) is 14.4 Å². The highest BCUT2D eigenvalue weighted by Gasteiger charge is 2.20. The third-order valence-electron chi connectivity index (χ3n) is 3.26. The Kier molecular flexibility index (Phi) is 8.26. The molecular weight excluding hydrogens is 330 g/mol. The number of hydrogen-bond donors (Lipinski definition) is 2. The van der Waals surface area contributed by atoms with Crippen LogP contribution in [0.4, 0.5) is 5.69 Å². The summed E-state index contributed by atoms with van der Waals surface area (Å²) >= 11 is 5.78. The summed E-state index contributed by atoms with van der Waals surface area (Å²) < 4.78 is 0. The molecule has 24 heavy (non-hydrogen) atoms. The molecule has 0 aliphatic rings. The van der Waals surface area contributed by atoms with Crippen LogP contribution in [0.2, 0.25) is 0 Å². The number of benzene rings is 1. The number of halogens is 1. The number of carbonyl (C=O) groups is 3. The van der Waals surface area contributed by atoms with Crippen LogP contribution in [0, 0.1) is 6.92 Å². The van der Waals surface area contributed by atoms with Gasteiger partial charge in [0.05, 0.1) is 13.1 Å². The predicted molar refractivity (Wildman–Crippen MR) is 95.0 cm³/mol. The van der Waals surface area contributed by atoms with Crippen molar-refractivity contribution in [2.45, 2.75) is 32.6 Å². The fourth-order valence-electron chi connectivity index (χ4n) is 2.04. The number of hydrogen-bond acceptors (Lipinski definition) is 3. The van der Waals surface area contributed by atoms with Gasteiger partial charge in [-0.05, 0) is 32.4 Å². The molecular formula is C17H24ClN3O3. The monoisotopic (exact) mass is 353 g/mol. The maximum Gasteiger partial charge on any atom is 0.243 e. The predicted octanol–water partition coefficient (Wildman–Crippen LogP) is 1.92. The first-order chi connectivity index (χ1) is 11.3. The van der Waals surface area contributed by atoms with Crippen LogP contribution >= 0.6 is 11.6 Å². The summed E-state index contributed by atoms with van der Waals surface area (Å²) in [6.07, 6.45) is 0.719. The molecule has 1 rings (SSSR count). The van der Waals surface area contributed by atoms with E-state index < -0.39 is 11.3 Å². The number of amides is 3. The standard InChI is InChI=1S/C17H24ClN3O3/c1-4-9-21(17(24)13(3)18)11-16(23)19-10-15(22)20-14-7-5-12(2)6-8-14/h5-8,13H,4,9-11H2,1-3H3,(H,19,23)(H,20,22)/t13-/m0/s1. The molecule has 0 bridgehead atoms. The number of nitrogens with zero attached hydrogens (tertiary/aromatic N) is 1. The quantitative estimate of drug-likeness (QED) is 0.701. The maximum atomic E-state index is 11.9. The largest absolute Gasteiger partial charge is 0.345 e. The average molecular weight is 354 g/mol. The maximum absolute atomic E-state index is 11.9. The fraction of sp³-hybridized carbons (Fsp3) is 0.471. The first-order valence-electron chi connectivity index (χ1n) is 7.89. The Balaban J connectivity index is 2.44. The summed E-state index contributed by atoms with van der Waals surface area (Å²) in [7, 11) is 0. The second-order valence-corrected chi connectivity index (χ2v) is 6.22. The van der Waals surface area contributed by atoms with Crippen molar-refractivity contribution in [3.8, 4) is 0 Å². The Labute approximate surface area is 147 Å². The summed E-state index contributed by atoms with van der Waals surface area (Å²) in [4.78, 5) is 37.1. The summed E-state index contributed by atoms with van der Waals surface area (Å²) in [6.45, 7) is 5.61. The molecule has 1 aromatic rings. The van der Waals surface area contributed by atoms with Gasteiger partial charge in [0, 0.05) is 12.2 Å². The molecule has 0 aliphatic heterocycles. The van der Waals surface area contributed by atoms with E-state index in [2.05, 4.69) is 10.6 Å². The lowest BCUT2D eigenvalue weighted by Crippen LogP contribution is -2.45. The minimum absolute atomic E-state index is 0.110. The van der Waals surface area contributed by atoms with Gasteiger partial charge < -0.3 is 15.5 Å². The molecule has 0 aliphatic carbocycles. The zero-order chi connectivity index (χ0) is 18.1. The molecule has 0 radical (unpaired) electrons. The van der Waals surface area contributed by atoms with E-state index in [1.54, 1.807) is 19.1 Å². The molecule has 6 nitrogen and oxygen atoms in total. The van der Waals surface area contributed by atoms with Crippen molar-refractivity contribution in [3.63, 3.8) is 0 Å². The molecule has 1 aromatic carbocycles. The van der Waals surface area contributed by atoms with E-state index in [0.29, 0.717) is 12.2 Å². The molecule has 1 atom stereocenters. The summed E-state index contributed by atoms with van der Waals surface area (Å²) in [6, 6.07) is 7.35. The van der Waals surface area contributed by atoms with Crippen LogP contribution < -0.4 is 10.6 Å². The van der Waals surface area contributed by atoms with Gasteiger partial charge in [0.15, 0.2) is 0 Å². The van der Waals surface area contributed by atoms with Crippen molar-refractivity contribution in [2.75, 3.05) is 25.0 Å². The molecule has 3 amide bonds. The van der Waals surface area contributed by atoms with Crippen LogP contribution in [0.15, 0.2) is 24.3 Å². The lowest BCUT2D eigenvalue weighted by molar-refractivity contribution is -0.135. The van der Waals surface area contributed by atoms with Crippen LogP contribution in [0.1, 0.15) is 25.8 Å². The average Bonchev–Trinajstić information content (AvgIpc) is 2.54. The van der Waals surface area contributed by atoms with Gasteiger partial charge in [0.25, 0.3) is 0 Å². The van der Waals surface area contributed by atoms with Gasteiger partial charge >= 0.3 is 0 Å². The molecule has 0 aromatic heterocycles. The second kappa shape index (κ2) is 9.93. The number of nitrogens with one attached hydrogen (secondary N) is 2. The highest BCUT2D eigenvalue weighted by molar-refractivity contribution is 6.30. The lowest BCUT2D eigenvalue weighted by atomic mass is 10.2. The normalized spacial score (nSPS) is 11.5. The molecule has 0 saturated carbocycles. The number of alkyl halides is 1. The summed E-state index contributed by atoms with van der Waals surface area (Å²) in [5.74, 6) is -1.02. The zero-order valence-corrected chi connectivity index (χ0v) is 15.0. The van der Waals surface area contributed by atoms with Crippen LogP contribution in [0.3, 0.4) is 0 Å². The van der Waals surface area contributed by atoms with Crippen LogP contribution in [0.5, 0.6) is 0 Å². The van der Waals surface area contributed by atoms with Crippen LogP contribution in [-0.4, -0.2) is 47.6 Å². The summed E-state index contributed by atoms with van der Waals surface area (Å²) in [5, 5.41) is 4.51. The van der Waals surface area contributed by atoms with E-state index in [1.807, 2.05) is 26.0 Å². The van der Waals surface area contributed by atoms with E-state index in [0.717, 1.165) is 12.0 Å². The highest BCUT2D eigenvalue weighted by Crippen LogP contribution is 2.08. The van der Waals surface area contributed by atoms with Gasteiger partial charge in [0.2, 0.25) is 17.7 Å². The molecule has 2 N–H and O–H groups in total. The van der Waals surface area contributed by atoms with E-state index in [9.17, 15) is 14.4 Å². The van der Waals surface area contributed by atoms with E-state index in [-0.39, 0.29) is 24.9 Å². The summed E-state index contributed by atoms with van der Waals surface area (Å²) in [5.41, 5.74) is 1.76. The molecule has 0 fully saturated rings. The SMILES string of the molecule is CCCN(CC(=O)NCC(=O)Nc1ccc(C)cc1)C(=O)[C@H](C)Cl. The minimum Gasteiger partial charge on any atom is -0.345 e. The highest BCUT2D eigenvalue weighted by atomic mass is 35.5. The van der Waals surface area contributed by atoms with Crippen LogP contribution in [0.25, 0.3) is 0 Å². The molecule has 0 heterocycles. The Morgan fingerprint density at radius 2 is 1.79 bits per heavy atom. The van der Waals surface area contributed by atoms with Crippen molar-refractivity contribution in [1.82, 2.24) is 10.2 Å². The number of carbonyl (C=O) groups excluding carboxylic acids is 3. The van der Waals surface area contributed by atoms with E-state index in [1.165, 1.54) is 4.90 Å². The number of anilines is 1. The van der Waals surface area contributed by atoms with Gasteiger partial charge in [-0.25, -0.2) is 0 Å². The van der Waals surface area contributed by atoms with Gasteiger partial charge in [-0.15, -0.1) is 11.6 Å². The topological polar surface area (TPSA) is 78.5 Å². The third kappa shape index (κ3) is 7.00. The number of aryl methyl sites for hydroxylation is 1. The molecule has 0 unspecified atom stereocenters. The van der Waals surface area contributed by atoms with E-state index >= 15 is 0 Å². The van der Waals surface area contributed by atoms with Crippen molar-refractivity contribution < 1.29 is 14.4 Å². The first-order valence-corrected chi connectivity index (χ1v) is 8.33. The Morgan fingerprint density at radius 1 is 1.17 bits per heavy atom. The lowest BCUT2D eigenvalue weighted by Gasteiger charge is -2.22. The van der Waals surface area contributed by atoms with E-state index in [4.69, 9.17) is 11.6 Å². The molecule has 132 valence electrons. The smallest absolute Gasteiger partial charge is 0.243 e. The van der Waals surface area contributed by atoms with Crippen molar-refractivity contribution in [2.24, 2.45) is 0 Å². The van der Waals surface area contributed by atoms with Gasteiger partial charge in [-0.2, -0.15) is 0 Å². The minimum atomic E-state index is -0.686. The molecule has 0 spiro atoms. The van der Waals surface area contributed by atoms with Crippen molar-refractivity contribution >= 4 is 35.0 Å². The molecule has 0 saturated heterocycles. The number of rotatable bonds is 8. The second-order valence-electron chi connectivity index (χ2n) is 5.57. The van der Waals surface area contributed by atoms with Crippen molar-refractivity contribution in [1.29, 1.82) is 0 Å². The van der Waals surface area contributed by atoms with Gasteiger partial charge in [-0.3, -0.25) is 14.4 Å². The van der Waals surface area contributed by atoms with Crippen molar-refractivity contribution in [3.05, 3.63) is 29.8 Å². The van der Waals surface area contributed by atoms with Gasteiger partial charge in [0.1, 0.15) is 5.38 Å². The molecule has 7 heteroatoms. The Bertz CT molecular complexity index is 573. The first kappa shape index (κ1) is 20.0. The van der Waals surface area contributed by atoms with Gasteiger partial charge in [-0.1, -0.05) is 24.6 Å². The Morgan fingerprint density at radius 3 is 2.33 bits per heavy atom. The third-order valence-corrected chi connectivity index (χ3v) is 3.45. The fourth-order valence-corrected chi connectivity index (χ4v) is 2.18. The zero-order valence-electron chi connectivity index (χ0n) is 14.3.